The van der Waals surface area contributed by atoms with Gasteiger partial charge in [0.2, 0.25) is 0 Å². The second-order valence-electron chi connectivity index (χ2n) is 6.32. The molecule has 2 aromatic carbocycles. The van der Waals surface area contributed by atoms with Crippen LogP contribution in [0.2, 0.25) is 0 Å². The summed E-state index contributed by atoms with van der Waals surface area (Å²) in [6, 6.07) is 11.9. The molecule has 118 valence electrons. The fraction of sp³-hybridized carbons (Fsp3) is 0.333. The maximum Gasteiger partial charge on any atom is 0.138 e. The number of aliphatic hydroxyl groups excluding tert-OH is 2. The van der Waals surface area contributed by atoms with E-state index < -0.39 is 6.10 Å². The minimum absolute atomic E-state index is 0.225. The fourth-order valence-corrected chi connectivity index (χ4v) is 3.21. The topological polar surface area (TPSA) is 79.4 Å². The third-order valence-corrected chi connectivity index (χ3v) is 4.65. The molecule has 1 fully saturated rings. The first kappa shape index (κ1) is 14.4. The lowest BCUT2D eigenvalue weighted by molar-refractivity contribution is 0.0750. The average Bonchev–Trinajstić information content (AvgIpc) is 2.99. The quantitative estimate of drug-likeness (QED) is 0.776. The monoisotopic (exact) mass is 310 g/mol. The molecule has 3 aromatic rings. The zero-order valence-corrected chi connectivity index (χ0v) is 12.8. The Balaban J connectivity index is 1.82. The van der Waals surface area contributed by atoms with E-state index in [2.05, 4.69) is 16.4 Å². The molecule has 1 saturated carbocycles. The van der Waals surface area contributed by atoms with Crippen LogP contribution in [0, 0.1) is 0 Å². The van der Waals surface area contributed by atoms with Gasteiger partial charge in [0, 0.05) is 0 Å². The molecule has 5 nitrogen and oxygen atoms in total. The van der Waals surface area contributed by atoms with Crippen molar-refractivity contribution in [1.29, 1.82) is 0 Å². The molecule has 1 atom stereocenters. The molecule has 0 radical (unpaired) electrons. The van der Waals surface area contributed by atoms with Crippen molar-refractivity contribution in [1.82, 2.24) is 10.3 Å². The summed E-state index contributed by atoms with van der Waals surface area (Å²) in [5.41, 5.74) is 5.49. The van der Waals surface area contributed by atoms with Gasteiger partial charge in [-0.15, -0.1) is 0 Å². The maximum absolute atomic E-state index is 9.79. The van der Waals surface area contributed by atoms with E-state index in [0.717, 1.165) is 46.1 Å². The molecule has 0 saturated heterocycles. The van der Waals surface area contributed by atoms with Crippen molar-refractivity contribution in [2.75, 3.05) is 0 Å². The molecule has 0 bridgehead atoms. The van der Waals surface area contributed by atoms with Gasteiger partial charge in [-0.1, -0.05) is 18.2 Å². The Morgan fingerprint density at radius 1 is 1.13 bits per heavy atom. The maximum atomic E-state index is 9.79. The highest BCUT2D eigenvalue weighted by Crippen LogP contribution is 2.41. The van der Waals surface area contributed by atoms with Gasteiger partial charge in [0.15, 0.2) is 0 Å². The van der Waals surface area contributed by atoms with Crippen molar-refractivity contribution in [3.05, 3.63) is 47.5 Å². The number of benzene rings is 2. The van der Waals surface area contributed by atoms with E-state index in [9.17, 15) is 10.2 Å². The molecule has 4 rings (SSSR count). The number of aromatic nitrogens is 2. The third kappa shape index (κ3) is 2.52. The summed E-state index contributed by atoms with van der Waals surface area (Å²) in [5, 5.41) is 27.4. The lowest BCUT2D eigenvalue weighted by Crippen LogP contribution is -2.26. The van der Waals surface area contributed by atoms with E-state index in [1.807, 2.05) is 30.3 Å². The van der Waals surface area contributed by atoms with Crippen molar-refractivity contribution >= 4 is 11.0 Å². The zero-order valence-electron chi connectivity index (χ0n) is 12.8. The summed E-state index contributed by atoms with van der Waals surface area (Å²) in [5.74, 6) is 0.291. The van der Waals surface area contributed by atoms with Crippen LogP contribution in [0.25, 0.3) is 22.2 Å². The van der Waals surface area contributed by atoms with Gasteiger partial charge in [0.05, 0.1) is 12.2 Å². The van der Waals surface area contributed by atoms with Crippen LogP contribution in [0.4, 0.5) is 0 Å². The highest BCUT2D eigenvalue weighted by atomic mass is 16.6. The van der Waals surface area contributed by atoms with Gasteiger partial charge in [0.1, 0.15) is 11.0 Å². The van der Waals surface area contributed by atoms with Gasteiger partial charge in [0.25, 0.3) is 0 Å². The standard InChI is InChI=1S/C18H18N2O3/c1-10(21)11-3-2-4-12(5-11)13-8-16(14-6-15(22)7-14)18-17(9-13)19-23-20-18/h2-5,8-10,14-15,21-22H,6-7H2,1H3. The number of hydrogen-bond donors (Lipinski definition) is 2. The predicted octanol–water partition coefficient (Wildman–Crippen LogP) is 3.18. The molecule has 1 unspecified atom stereocenters. The molecule has 2 N–H and O–H groups in total. The molecule has 1 aliphatic rings. The van der Waals surface area contributed by atoms with E-state index in [4.69, 9.17) is 4.63 Å². The van der Waals surface area contributed by atoms with Crippen LogP contribution < -0.4 is 0 Å². The molecule has 1 aromatic heterocycles. The van der Waals surface area contributed by atoms with Crippen LogP contribution in [0.3, 0.4) is 0 Å². The van der Waals surface area contributed by atoms with Gasteiger partial charge >= 0.3 is 0 Å². The van der Waals surface area contributed by atoms with E-state index in [-0.39, 0.29) is 6.10 Å². The van der Waals surface area contributed by atoms with Crippen molar-refractivity contribution in [2.45, 2.75) is 37.9 Å². The average molecular weight is 310 g/mol. The molecule has 0 spiro atoms. The van der Waals surface area contributed by atoms with Crippen molar-refractivity contribution in [3.63, 3.8) is 0 Å². The Bertz CT molecular complexity index is 850. The molecule has 1 aliphatic carbocycles. The summed E-state index contributed by atoms with van der Waals surface area (Å²) in [6.45, 7) is 1.76. The van der Waals surface area contributed by atoms with Crippen molar-refractivity contribution in [2.24, 2.45) is 0 Å². The van der Waals surface area contributed by atoms with Crippen LogP contribution in [0.1, 0.15) is 42.9 Å². The first-order valence-corrected chi connectivity index (χ1v) is 7.84. The highest BCUT2D eigenvalue weighted by molar-refractivity contribution is 5.84. The largest absolute Gasteiger partial charge is 0.393 e. The van der Waals surface area contributed by atoms with Crippen LogP contribution in [-0.2, 0) is 0 Å². The minimum Gasteiger partial charge on any atom is -0.393 e. The second kappa shape index (κ2) is 5.44. The summed E-state index contributed by atoms with van der Waals surface area (Å²) in [6.07, 6.45) is 0.768. The van der Waals surface area contributed by atoms with Crippen LogP contribution in [0.5, 0.6) is 0 Å². The molecular weight excluding hydrogens is 292 g/mol. The second-order valence-corrected chi connectivity index (χ2v) is 6.32. The van der Waals surface area contributed by atoms with Crippen LogP contribution >= 0.6 is 0 Å². The Morgan fingerprint density at radius 2 is 1.96 bits per heavy atom. The SMILES string of the molecule is CC(O)c1cccc(-c2cc(C3CC(O)C3)c3nonc3c2)c1. The normalized spacial score (nSPS) is 22.0. The van der Waals surface area contributed by atoms with E-state index in [0.29, 0.717) is 5.92 Å². The van der Waals surface area contributed by atoms with Gasteiger partial charge in [-0.25, -0.2) is 4.63 Å². The van der Waals surface area contributed by atoms with Gasteiger partial charge in [-0.2, -0.15) is 0 Å². The smallest absolute Gasteiger partial charge is 0.138 e. The highest BCUT2D eigenvalue weighted by Gasteiger charge is 2.31. The first-order valence-electron chi connectivity index (χ1n) is 7.84. The minimum atomic E-state index is -0.506. The Labute approximate surface area is 133 Å². The predicted molar refractivity (Wildman–Crippen MR) is 85.9 cm³/mol. The Morgan fingerprint density at radius 3 is 2.70 bits per heavy atom. The summed E-state index contributed by atoms with van der Waals surface area (Å²) in [7, 11) is 0. The van der Waals surface area contributed by atoms with Gasteiger partial charge < -0.3 is 10.2 Å². The third-order valence-electron chi connectivity index (χ3n) is 4.65. The number of nitrogens with zero attached hydrogens (tertiary/aromatic N) is 2. The lowest BCUT2D eigenvalue weighted by atomic mass is 9.76. The van der Waals surface area contributed by atoms with Crippen molar-refractivity contribution in [3.8, 4) is 11.1 Å². The molecule has 1 heterocycles. The van der Waals surface area contributed by atoms with Gasteiger partial charge in [-0.3, -0.25) is 0 Å². The molecule has 0 amide bonds. The molecular formula is C18H18N2O3. The molecule has 0 aliphatic heterocycles. The fourth-order valence-electron chi connectivity index (χ4n) is 3.21. The van der Waals surface area contributed by atoms with E-state index in [1.54, 1.807) is 6.92 Å². The zero-order chi connectivity index (χ0) is 16.0. The lowest BCUT2D eigenvalue weighted by Gasteiger charge is -2.31. The van der Waals surface area contributed by atoms with Crippen molar-refractivity contribution < 1.29 is 14.8 Å². The first-order chi connectivity index (χ1) is 11.1. The molecule has 23 heavy (non-hydrogen) atoms. The van der Waals surface area contributed by atoms with Crippen LogP contribution in [0.15, 0.2) is 41.0 Å². The summed E-state index contributed by atoms with van der Waals surface area (Å²) >= 11 is 0. The van der Waals surface area contributed by atoms with Gasteiger partial charge in [-0.05, 0) is 76.4 Å². The number of rotatable bonds is 3. The number of hydrogen-bond acceptors (Lipinski definition) is 5. The Hall–Kier alpha value is -2.24. The number of aliphatic hydroxyl groups is 2. The Kier molecular flexibility index (Phi) is 3.39. The van der Waals surface area contributed by atoms with E-state index in [1.165, 1.54) is 0 Å². The van der Waals surface area contributed by atoms with E-state index >= 15 is 0 Å². The number of fused-ring (bicyclic) bond motifs is 1. The molecule has 5 heteroatoms. The summed E-state index contributed by atoms with van der Waals surface area (Å²) in [4.78, 5) is 0. The van der Waals surface area contributed by atoms with Crippen LogP contribution in [-0.4, -0.2) is 26.6 Å². The summed E-state index contributed by atoms with van der Waals surface area (Å²) < 4.78 is 4.90.